The van der Waals surface area contributed by atoms with Crippen LogP contribution in [-0.2, 0) is 0 Å². The first-order valence-electron chi connectivity index (χ1n) is 7.52. The van der Waals surface area contributed by atoms with Gasteiger partial charge in [-0.3, -0.25) is 4.90 Å². The molecule has 96 valence electrons. The summed E-state index contributed by atoms with van der Waals surface area (Å²) >= 11 is 0. The molecule has 1 aliphatic heterocycles. The molecule has 3 rings (SSSR count). The van der Waals surface area contributed by atoms with Gasteiger partial charge in [-0.25, -0.2) is 0 Å². The van der Waals surface area contributed by atoms with E-state index in [9.17, 15) is 0 Å². The van der Waals surface area contributed by atoms with Crippen LogP contribution in [-0.4, -0.2) is 36.1 Å². The van der Waals surface area contributed by atoms with Gasteiger partial charge in [-0.05, 0) is 32.1 Å². The van der Waals surface area contributed by atoms with E-state index in [1.54, 1.807) is 0 Å². The molecular weight excluding hydrogens is 208 g/mol. The fourth-order valence-electron chi connectivity index (χ4n) is 3.97. The Balaban J connectivity index is 1.64. The minimum Gasteiger partial charge on any atom is -0.309 e. The number of nitrogens with zero attached hydrogens (tertiary/aromatic N) is 1. The third-order valence-electron chi connectivity index (χ3n) is 4.97. The molecular formula is C15H26N2. The van der Waals surface area contributed by atoms with Crippen molar-refractivity contribution < 1.29 is 0 Å². The Morgan fingerprint density at radius 2 is 2.00 bits per heavy atom. The molecule has 1 saturated carbocycles. The normalized spacial score (nSPS) is 34.0. The molecule has 1 unspecified atom stereocenters. The molecule has 2 aliphatic carbocycles. The van der Waals surface area contributed by atoms with Gasteiger partial charge in [0, 0.05) is 31.2 Å². The Bertz CT molecular complexity index is 273. The highest BCUT2D eigenvalue weighted by Crippen LogP contribution is 2.32. The van der Waals surface area contributed by atoms with Crippen molar-refractivity contribution in [3.05, 3.63) is 12.2 Å². The molecule has 1 atom stereocenters. The number of allylic oxidation sites excluding steroid dienone is 1. The van der Waals surface area contributed by atoms with Crippen LogP contribution in [0, 0.1) is 0 Å². The molecule has 1 saturated heterocycles. The Kier molecular flexibility index (Phi) is 3.53. The van der Waals surface area contributed by atoms with E-state index in [1.807, 2.05) is 0 Å². The predicted molar refractivity (Wildman–Crippen MR) is 72.2 cm³/mol. The quantitative estimate of drug-likeness (QED) is 0.702. The summed E-state index contributed by atoms with van der Waals surface area (Å²) in [6.07, 6.45) is 15.9. The van der Waals surface area contributed by atoms with E-state index in [1.165, 1.54) is 71.0 Å². The van der Waals surface area contributed by atoms with Gasteiger partial charge in [0.25, 0.3) is 0 Å². The predicted octanol–water partition coefficient (Wildman–Crippen LogP) is 2.70. The fourth-order valence-corrected chi connectivity index (χ4v) is 3.97. The zero-order valence-corrected chi connectivity index (χ0v) is 11.0. The Morgan fingerprint density at radius 3 is 2.76 bits per heavy atom. The summed E-state index contributed by atoms with van der Waals surface area (Å²) in [4.78, 5) is 2.78. The molecule has 0 aromatic rings. The lowest BCUT2D eigenvalue weighted by molar-refractivity contribution is 0.0644. The lowest BCUT2D eigenvalue weighted by atomic mass is 9.79. The second-order valence-electron chi connectivity index (χ2n) is 6.18. The first-order valence-corrected chi connectivity index (χ1v) is 7.52. The summed E-state index contributed by atoms with van der Waals surface area (Å²) in [6.45, 7) is 3.78. The average Bonchev–Trinajstić information content (AvgIpc) is 2.41. The van der Waals surface area contributed by atoms with Crippen LogP contribution in [0.1, 0.15) is 51.4 Å². The van der Waals surface area contributed by atoms with Crippen molar-refractivity contribution in [3.63, 3.8) is 0 Å². The van der Waals surface area contributed by atoms with Crippen LogP contribution >= 0.6 is 0 Å². The molecule has 1 heterocycles. The van der Waals surface area contributed by atoms with Crippen LogP contribution in [0.3, 0.4) is 0 Å². The monoisotopic (exact) mass is 234 g/mol. The lowest BCUT2D eigenvalue weighted by Crippen LogP contribution is -2.62. The minimum absolute atomic E-state index is 0.484. The van der Waals surface area contributed by atoms with Crippen molar-refractivity contribution in [2.24, 2.45) is 0 Å². The summed E-state index contributed by atoms with van der Waals surface area (Å²) in [7, 11) is 0. The summed E-state index contributed by atoms with van der Waals surface area (Å²) in [5.41, 5.74) is 0.484. The van der Waals surface area contributed by atoms with E-state index in [-0.39, 0.29) is 0 Å². The van der Waals surface area contributed by atoms with E-state index in [0.29, 0.717) is 5.54 Å². The molecule has 2 heteroatoms. The number of hydrogen-bond acceptors (Lipinski definition) is 2. The number of piperazine rings is 1. The van der Waals surface area contributed by atoms with Gasteiger partial charge >= 0.3 is 0 Å². The van der Waals surface area contributed by atoms with Gasteiger partial charge in [0.05, 0.1) is 0 Å². The van der Waals surface area contributed by atoms with Crippen LogP contribution in [0.15, 0.2) is 12.2 Å². The molecule has 0 amide bonds. The lowest BCUT2D eigenvalue weighted by Gasteiger charge is -2.48. The largest absolute Gasteiger partial charge is 0.309 e. The van der Waals surface area contributed by atoms with Crippen molar-refractivity contribution in [1.29, 1.82) is 0 Å². The standard InChI is InChI=1S/C15H26N2/c1-3-7-14(8-4-1)17-12-11-16-15(13-17)9-5-2-6-10-15/h1,3,14,16H,2,4-13H2. The molecule has 0 radical (unpaired) electrons. The molecule has 2 fully saturated rings. The van der Waals surface area contributed by atoms with Gasteiger partial charge in [-0.15, -0.1) is 0 Å². The van der Waals surface area contributed by atoms with Crippen molar-refractivity contribution in [1.82, 2.24) is 10.2 Å². The Hall–Kier alpha value is -0.340. The zero-order valence-electron chi connectivity index (χ0n) is 11.0. The summed E-state index contributed by atoms with van der Waals surface area (Å²) in [5.74, 6) is 0. The van der Waals surface area contributed by atoms with Crippen LogP contribution < -0.4 is 5.32 Å². The Morgan fingerprint density at radius 1 is 1.12 bits per heavy atom. The fraction of sp³-hybridized carbons (Fsp3) is 0.867. The second-order valence-corrected chi connectivity index (χ2v) is 6.18. The van der Waals surface area contributed by atoms with E-state index in [4.69, 9.17) is 0 Å². The maximum atomic E-state index is 3.84. The van der Waals surface area contributed by atoms with E-state index in [0.717, 1.165) is 6.04 Å². The maximum Gasteiger partial charge on any atom is 0.0309 e. The average molecular weight is 234 g/mol. The van der Waals surface area contributed by atoms with E-state index < -0.39 is 0 Å². The maximum absolute atomic E-state index is 3.84. The van der Waals surface area contributed by atoms with Crippen molar-refractivity contribution in [3.8, 4) is 0 Å². The summed E-state index contributed by atoms with van der Waals surface area (Å²) in [6, 6.07) is 0.834. The van der Waals surface area contributed by atoms with Crippen LogP contribution in [0.25, 0.3) is 0 Å². The number of nitrogens with one attached hydrogen (secondary N) is 1. The third-order valence-corrected chi connectivity index (χ3v) is 4.97. The number of rotatable bonds is 1. The molecule has 1 N–H and O–H groups in total. The van der Waals surface area contributed by atoms with Gasteiger partial charge in [0.15, 0.2) is 0 Å². The van der Waals surface area contributed by atoms with Gasteiger partial charge in [0.2, 0.25) is 0 Å². The zero-order chi connectivity index (χ0) is 11.6. The molecule has 2 nitrogen and oxygen atoms in total. The van der Waals surface area contributed by atoms with Crippen molar-refractivity contribution >= 4 is 0 Å². The van der Waals surface area contributed by atoms with E-state index in [2.05, 4.69) is 22.4 Å². The van der Waals surface area contributed by atoms with Crippen LogP contribution in [0.5, 0.6) is 0 Å². The summed E-state index contributed by atoms with van der Waals surface area (Å²) in [5, 5.41) is 3.84. The van der Waals surface area contributed by atoms with Crippen LogP contribution in [0.4, 0.5) is 0 Å². The highest BCUT2D eigenvalue weighted by molar-refractivity contribution is 5.01. The molecule has 0 bridgehead atoms. The first-order chi connectivity index (χ1) is 8.38. The summed E-state index contributed by atoms with van der Waals surface area (Å²) < 4.78 is 0. The first kappa shape index (κ1) is 11.7. The van der Waals surface area contributed by atoms with Crippen LogP contribution in [0.2, 0.25) is 0 Å². The molecule has 1 spiro atoms. The van der Waals surface area contributed by atoms with Crippen molar-refractivity contribution in [2.75, 3.05) is 19.6 Å². The van der Waals surface area contributed by atoms with Gasteiger partial charge < -0.3 is 5.32 Å². The number of hydrogen-bond donors (Lipinski definition) is 1. The van der Waals surface area contributed by atoms with Gasteiger partial charge in [-0.1, -0.05) is 31.4 Å². The third kappa shape index (κ3) is 2.58. The molecule has 3 aliphatic rings. The molecule has 0 aromatic carbocycles. The molecule has 0 aromatic heterocycles. The van der Waals surface area contributed by atoms with Gasteiger partial charge in [-0.2, -0.15) is 0 Å². The van der Waals surface area contributed by atoms with E-state index >= 15 is 0 Å². The second kappa shape index (κ2) is 5.11. The SMILES string of the molecule is C1=CCC(N2CCNC3(CCCCC3)C2)CC1. The minimum atomic E-state index is 0.484. The van der Waals surface area contributed by atoms with Gasteiger partial charge in [0.1, 0.15) is 0 Å². The highest BCUT2D eigenvalue weighted by Gasteiger charge is 2.37. The molecule has 17 heavy (non-hydrogen) atoms. The topological polar surface area (TPSA) is 15.3 Å². The smallest absolute Gasteiger partial charge is 0.0309 e. The van der Waals surface area contributed by atoms with Crippen molar-refractivity contribution in [2.45, 2.75) is 62.9 Å². The highest BCUT2D eigenvalue weighted by atomic mass is 15.2. The Labute approximate surface area is 105 Å².